The summed E-state index contributed by atoms with van der Waals surface area (Å²) in [5.41, 5.74) is 3.71. The second-order valence-corrected chi connectivity index (χ2v) is 6.87. The van der Waals surface area contributed by atoms with Crippen LogP contribution in [0.5, 0.6) is 0 Å². The topological polar surface area (TPSA) is 86.9 Å². The van der Waals surface area contributed by atoms with Crippen LogP contribution in [0.25, 0.3) is 11.0 Å². The van der Waals surface area contributed by atoms with Crippen molar-refractivity contribution < 1.29 is 9.59 Å². The number of benzene rings is 2. The van der Waals surface area contributed by atoms with Crippen LogP contribution in [0.4, 0.5) is 5.69 Å². The fourth-order valence-electron chi connectivity index (χ4n) is 2.39. The summed E-state index contributed by atoms with van der Waals surface area (Å²) >= 11 is 1.28. The molecule has 1 aromatic heterocycles. The molecule has 0 bridgehead atoms. The number of nitrogens with one attached hydrogen (secondary N) is 3. The molecule has 0 saturated carbocycles. The molecule has 134 valence electrons. The van der Waals surface area contributed by atoms with E-state index in [9.17, 15) is 9.59 Å². The van der Waals surface area contributed by atoms with Crippen molar-refractivity contribution in [3.05, 3.63) is 59.9 Å². The predicted octanol–water partition coefficient (Wildman–Crippen LogP) is 2.86. The molecule has 0 spiro atoms. The average molecular weight is 368 g/mol. The fourth-order valence-corrected chi connectivity index (χ4v) is 3.04. The van der Waals surface area contributed by atoms with Crippen molar-refractivity contribution in [2.75, 3.05) is 16.8 Å². The molecule has 7 heteroatoms. The lowest BCUT2D eigenvalue weighted by molar-refractivity contribution is -0.118. The van der Waals surface area contributed by atoms with Crippen LogP contribution in [-0.4, -0.2) is 33.3 Å². The van der Waals surface area contributed by atoms with Crippen LogP contribution in [0.15, 0.2) is 48.5 Å². The number of H-pyrrole nitrogens is 1. The van der Waals surface area contributed by atoms with Gasteiger partial charge in [0.05, 0.1) is 29.1 Å². The van der Waals surface area contributed by atoms with Gasteiger partial charge in [0, 0.05) is 5.69 Å². The van der Waals surface area contributed by atoms with Gasteiger partial charge >= 0.3 is 0 Å². The molecule has 0 saturated heterocycles. The van der Waals surface area contributed by atoms with Gasteiger partial charge < -0.3 is 15.6 Å². The molecule has 26 heavy (non-hydrogen) atoms. The number of aromatic amines is 1. The number of imidazole rings is 1. The van der Waals surface area contributed by atoms with E-state index < -0.39 is 0 Å². The minimum absolute atomic E-state index is 0.121. The highest BCUT2D eigenvalue weighted by molar-refractivity contribution is 8.00. The largest absolute Gasteiger partial charge is 0.348 e. The molecular formula is C19H20N4O2S. The highest BCUT2D eigenvalue weighted by atomic mass is 32.2. The third-order valence-electron chi connectivity index (χ3n) is 3.69. The quantitative estimate of drug-likeness (QED) is 0.598. The van der Waals surface area contributed by atoms with Crippen LogP contribution in [0.1, 0.15) is 11.4 Å². The Balaban J connectivity index is 1.37. The van der Waals surface area contributed by atoms with E-state index in [-0.39, 0.29) is 23.3 Å². The number of anilines is 1. The molecule has 0 unspecified atom stereocenters. The molecule has 0 aliphatic carbocycles. The van der Waals surface area contributed by atoms with Crippen molar-refractivity contribution in [1.82, 2.24) is 15.3 Å². The van der Waals surface area contributed by atoms with Crippen LogP contribution in [0.2, 0.25) is 0 Å². The molecule has 1 heterocycles. The number of hydrogen-bond acceptors (Lipinski definition) is 4. The second kappa shape index (κ2) is 8.53. The number of nitrogens with zero attached hydrogens (tertiary/aromatic N) is 1. The summed E-state index contributed by atoms with van der Waals surface area (Å²) in [6.07, 6.45) is 0. The fraction of sp³-hybridized carbons (Fsp3) is 0.211. The summed E-state index contributed by atoms with van der Waals surface area (Å²) in [5.74, 6) is 0.914. The second-order valence-electron chi connectivity index (χ2n) is 5.88. The first kappa shape index (κ1) is 18.0. The minimum Gasteiger partial charge on any atom is -0.348 e. The lowest BCUT2D eigenvalue weighted by Crippen LogP contribution is -2.26. The monoisotopic (exact) mass is 368 g/mol. The SMILES string of the molecule is Cc1ccc(NC(=O)CSCC(=O)NCc2nc3ccccc3[nH]2)cc1. The normalized spacial score (nSPS) is 10.7. The van der Waals surface area contributed by atoms with Crippen LogP contribution < -0.4 is 10.6 Å². The Labute approximate surface area is 155 Å². The van der Waals surface area contributed by atoms with Crippen molar-refractivity contribution in [2.24, 2.45) is 0 Å². The molecule has 3 aromatic rings. The number of thioether (sulfide) groups is 1. The summed E-state index contributed by atoms with van der Waals surface area (Å²) in [6.45, 7) is 2.33. The number of fused-ring (bicyclic) bond motifs is 1. The number of carbonyl (C=O) groups excluding carboxylic acids is 2. The van der Waals surface area contributed by atoms with E-state index in [1.54, 1.807) is 0 Å². The number of carbonyl (C=O) groups is 2. The number of amides is 2. The summed E-state index contributed by atoms with van der Waals surface area (Å²) in [4.78, 5) is 31.3. The molecule has 3 N–H and O–H groups in total. The minimum atomic E-state index is -0.126. The van der Waals surface area contributed by atoms with Crippen LogP contribution in [0, 0.1) is 6.92 Å². The van der Waals surface area contributed by atoms with Crippen LogP contribution in [0.3, 0.4) is 0 Å². The van der Waals surface area contributed by atoms with Crippen LogP contribution >= 0.6 is 11.8 Å². The van der Waals surface area contributed by atoms with E-state index in [1.165, 1.54) is 11.8 Å². The number of rotatable bonds is 7. The van der Waals surface area contributed by atoms with Gasteiger partial charge in [-0.05, 0) is 31.2 Å². The van der Waals surface area contributed by atoms with E-state index >= 15 is 0 Å². The maximum Gasteiger partial charge on any atom is 0.234 e. The Hall–Kier alpha value is -2.80. The molecule has 2 amide bonds. The molecule has 0 atom stereocenters. The van der Waals surface area contributed by atoms with Gasteiger partial charge in [-0.15, -0.1) is 11.8 Å². The van der Waals surface area contributed by atoms with Gasteiger partial charge in [0.1, 0.15) is 5.82 Å². The van der Waals surface area contributed by atoms with Gasteiger partial charge in [0.2, 0.25) is 11.8 Å². The predicted molar refractivity (Wildman–Crippen MR) is 105 cm³/mol. The molecule has 3 rings (SSSR count). The summed E-state index contributed by atoms with van der Waals surface area (Å²) < 4.78 is 0. The first-order valence-corrected chi connectivity index (χ1v) is 9.40. The lowest BCUT2D eigenvalue weighted by atomic mass is 10.2. The highest BCUT2D eigenvalue weighted by Crippen LogP contribution is 2.11. The zero-order chi connectivity index (χ0) is 18.4. The van der Waals surface area contributed by atoms with Crippen molar-refractivity contribution in [1.29, 1.82) is 0 Å². The maximum atomic E-state index is 11.9. The van der Waals surface area contributed by atoms with E-state index in [4.69, 9.17) is 0 Å². The van der Waals surface area contributed by atoms with Crippen molar-refractivity contribution in [3.8, 4) is 0 Å². The van der Waals surface area contributed by atoms with Crippen molar-refractivity contribution in [2.45, 2.75) is 13.5 Å². The third kappa shape index (κ3) is 5.10. The molecule has 0 aliphatic heterocycles. The van der Waals surface area contributed by atoms with Crippen molar-refractivity contribution in [3.63, 3.8) is 0 Å². The lowest BCUT2D eigenvalue weighted by Gasteiger charge is -2.06. The van der Waals surface area contributed by atoms with E-state index in [0.717, 1.165) is 22.3 Å². The smallest absolute Gasteiger partial charge is 0.234 e. The third-order valence-corrected chi connectivity index (χ3v) is 4.63. The first-order valence-electron chi connectivity index (χ1n) is 8.25. The van der Waals surface area contributed by atoms with Gasteiger partial charge in [-0.1, -0.05) is 29.8 Å². The van der Waals surface area contributed by atoms with E-state index in [0.29, 0.717) is 12.4 Å². The van der Waals surface area contributed by atoms with E-state index in [1.807, 2.05) is 55.5 Å². The standard InChI is InChI=1S/C19H20N4O2S/c1-13-6-8-14(9-7-13)21-19(25)12-26-11-18(24)20-10-17-22-15-4-2-3-5-16(15)23-17/h2-9H,10-12H2,1H3,(H,20,24)(H,21,25)(H,22,23). The number of para-hydroxylation sites is 2. The zero-order valence-corrected chi connectivity index (χ0v) is 15.2. The zero-order valence-electron chi connectivity index (χ0n) is 14.4. The Morgan fingerprint density at radius 2 is 1.77 bits per heavy atom. The summed E-state index contributed by atoms with van der Waals surface area (Å²) in [7, 11) is 0. The summed E-state index contributed by atoms with van der Waals surface area (Å²) in [5, 5.41) is 5.61. The first-order chi connectivity index (χ1) is 12.6. The molecule has 6 nitrogen and oxygen atoms in total. The highest BCUT2D eigenvalue weighted by Gasteiger charge is 2.07. The van der Waals surface area contributed by atoms with E-state index in [2.05, 4.69) is 20.6 Å². The number of aryl methyl sites for hydroxylation is 1. The van der Waals surface area contributed by atoms with Crippen molar-refractivity contribution >= 4 is 40.3 Å². The molecule has 0 radical (unpaired) electrons. The number of aromatic nitrogens is 2. The van der Waals surface area contributed by atoms with Gasteiger partial charge in [0.25, 0.3) is 0 Å². The van der Waals surface area contributed by atoms with Gasteiger partial charge in [-0.3, -0.25) is 9.59 Å². The average Bonchev–Trinajstić information content (AvgIpc) is 3.05. The summed E-state index contributed by atoms with van der Waals surface area (Å²) in [6, 6.07) is 15.3. The molecule has 2 aromatic carbocycles. The molecular weight excluding hydrogens is 348 g/mol. The molecule has 0 aliphatic rings. The van der Waals surface area contributed by atoms with Gasteiger partial charge in [-0.25, -0.2) is 4.98 Å². The molecule has 0 fully saturated rings. The Morgan fingerprint density at radius 3 is 2.54 bits per heavy atom. The van der Waals surface area contributed by atoms with Gasteiger partial charge in [-0.2, -0.15) is 0 Å². The Kier molecular flexibility index (Phi) is 5.91. The van der Waals surface area contributed by atoms with Gasteiger partial charge in [0.15, 0.2) is 0 Å². The Morgan fingerprint density at radius 1 is 1.04 bits per heavy atom. The van der Waals surface area contributed by atoms with Crippen LogP contribution in [-0.2, 0) is 16.1 Å². The maximum absolute atomic E-state index is 11.9. The Bertz CT molecular complexity index is 872. The number of hydrogen-bond donors (Lipinski definition) is 3.